The van der Waals surface area contributed by atoms with Crippen LogP contribution in [-0.4, -0.2) is 5.11 Å². The summed E-state index contributed by atoms with van der Waals surface area (Å²) >= 11 is 3.49. The number of hydrogen-bond acceptors (Lipinski definition) is 2. The van der Waals surface area contributed by atoms with Gasteiger partial charge < -0.3 is 9.52 Å². The third kappa shape index (κ3) is 1.63. The second kappa shape index (κ2) is 3.93. The molecule has 0 saturated heterocycles. The molecule has 17 heavy (non-hydrogen) atoms. The number of hydrogen-bond donors (Lipinski definition) is 1. The van der Waals surface area contributed by atoms with Gasteiger partial charge in [-0.25, -0.2) is 0 Å². The molecule has 2 nitrogen and oxygen atoms in total. The Morgan fingerprint density at radius 1 is 0.941 bits per heavy atom. The fourth-order valence-electron chi connectivity index (χ4n) is 1.87. The molecule has 1 heterocycles. The molecular weight excluding hydrogens is 280 g/mol. The van der Waals surface area contributed by atoms with Crippen LogP contribution in [0.4, 0.5) is 0 Å². The van der Waals surface area contributed by atoms with Crippen LogP contribution in [0.25, 0.3) is 22.3 Å². The van der Waals surface area contributed by atoms with Gasteiger partial charge in [0.1, 0.15) is 17.1 Å². The van der Waals surface area contributed by atoms with Crippen LogP contribution in [0.3, 0.4) is 0 Å². The van der Waals surface area contributed by atoms with Gasteiger partial charge in [-0.15, -0.1) is 0 Å². The summed E-state index contributed by atoms with van der Waals surface area (Å²) in [5, 5.41) is 10.5. The second-order valence-electron chi connectivity index (χ2n) is 3.76. The van der Waals surface area contributed by atoms with Gasteiger partial charge in [0.2, 0.25) is 0 Å². The number of fused-ring (bicyclic) bond motifs is 1. The quantitative estimate of drug-likeness (QED) is 0.712. The molecule has 0 aliphatic rings. The number of furan rings is 1. The molecule has 1 aromatic heterocycles. The van der Waals surface area contributed by atoms with E-state index in [2.05, 4.69) is 15.9 Å². The lowest BCUT2D eigenvalue weighted by Crippen LogP contribution is -1.72. The van der Waals surface area contributed by atoms with Gasteiger partial charge in [0, 0.05) is 5.56 Å². The SMILES string of the molecule is Oc1cccc2oc(-c3ccccc3)c(Br)c12. The van der Waals surface area contributed by atoms with E-state index in [-0.39, 0.29) is 5.75 Å². The normalized spacial score (nSPS) is 10.9. The number of phenolic OH excluding ortho intramolecular Hbond substituents is 1. The van der Waals surface area contributed by atoms with Gasteiger partial charge in [-0.2, -0.15) is 0 Å². The van der Waals surface area contributed by atoms with Gasteiger partial charge in [0.05, 0.1) is 9.86 Å². The highest BCUT2D eigenvalue weighted by atomic mass is 79.9. The zero-order chi connectivity index (χ0) is 11.8. The minimum atomic E-state index is 0.223. The van der Waals surface area contributed by atoms with Gasteiger partial charge in [0.25, 0.3) is 0 Å². The Bertz CT molecular complexity index is 671. The van der Waals surface area contributed by atoms with E-state index in [1.807, 2.05) is 36.4 Å². The van der Waals surface area contributed by atoms with E-state index in [1.54, 1.807) is 12.1 Å². The molecule has 0 atom stereocenters. The molecule has 84 valence electrons. The number of rotatable bonds is 1. The number of phenols is 1. The molecule has 0 aliphatic heterocycles. The number of benzene rings is 2. The van der Waals surface area contributed by atoms with Crippen molar-refractivity contribution in [3.05, 3.63) is 53.0 Å². The van der Waals surface area contributed by atoms with Crippen LogP contribution in [0.2, 0.25) is 0 Å². The third-order valence-electron chi connectivity index (χ3n) is 2.67. The fourth-order valence-corrected chi connectivity index (χ4v) is 2.58. The highest BCUT2D eigenvalue weighted by Crippen LogP contribution is 2.41. The Labute approximate surface area is 107 Å². The fraction of sp³-hybridized carbons (Fsp3) is 0. The summed E-state index contributed by atoms with van der Waals surface area (Å²) in [5.74, 6) is 0.961. The van der Waals surface area contributed by atoms with E-state index in [1.165, 1.54) is 0 Å². The lowest BCUT2D eigenvalue weighted by molar-refractivity contribution is 0.481. The van der Waals surface area contributed by atoms with Crippen LogP contribution in [0.1, 0.15) is 0 Å². The highest BCUT2D eigenvalue weighted by molar-refractivity contribution is 9.10. The van der Waals surface area contributed by atoms with Gasteiger partial charge >= 0.3 is 0 Å². The molecule has 2 aromatic carbocycles. The van der Waals surface area contributed by atoms with Gasteiger partial charge in [0.15, 0.2) is 0 Å². The van der Waals surface area contributed by atoms with Crippen LogP contribution in [0.15, 0.2) is 57.4 Å². The van der Waals surface area contributed by atoms with E-state index in [4.69, 9.17) is 4.42 Å². The molecular formula is C14H9BrO2. The van der Waals surface area contributed by atoms with Crippen molar-refractivity contribution < 1.29 is 9.52 Å². The predicted octanol–water partition coefficient (Wildman–Crippen LogP) is 4.57. The second-order valence-corrected chi connectivity index (χ2v) is 4.55. The molecule has 0 radical (unpaired) electrons. The van der Waals surface area contributed by atoms with Crippen molar-refractivity contribution in [1.82, 2.24) is 0 Å². The van der Waals surface area contributed by atoms with E-state index in [0.29, 0.717) is 11.0 Å². The van der Waals surface area contributed by atoms with Crippen molar-refractivity contribution in [2.75, 3.05) is 0 Å². The summed E-state index contributed by atoms with van der Waals surface area (Å²) in [6, 6.07) is 15.1. The van der Waals surface area contributed by atoms with Crippen molar-refractivity contribution >= 4 is 26.9 Å². The van der Waals surface area contributed by atoms with Crippen LogP contribution in [0, 0.1) is 0 Å². The van der Waals surface area contributed by atoms with E-state index >= 15 is 0 Å². The van der Waals surface area contributed by atoms with Gasteiger partial charge in [-0.3, -0.25) is 0 Å². The summed E-state index contributed by atoms with van der Waals surface area (Å²) < 4.78 is 6.55. The standard InChI is InChI=1S/C14H9BrO2/c15-13-12-10(16)7-4-8-11(12)17-14(13)9-5-2-1-3-6-9/h1-8,16H. The first kappa shape index (κ1) is 10.4. The Morgan fingerprint density at radius 2 is 1.71 bits per heavy atom. The maximum atomic E-state index is 9.82. The van der Waals surface area contributed by atoms with Crippen LogP contribution in [0.5, 0.6) is 5.75 Å². The minimum absolute atomic E-state index is 0.223. The zero-order valence-electron chi connectivity index (χ0n) is 8.85. The number of aromatic hydroxyl groups is 1. The summed E-state index contributed by atoms with van der Waals surface area (Å²) in [5.41, 5.74) is 1.66. The first-order chi connectivity index (χ1) is 8.27. The van der Waals surface area contributed by atoms with Crippen molar-refractivity contribution in [2.45, 2.75) is 0 Å². The summed E-state index contributed by atoms with van der Waals surface area (Å²) in [7, 11) is 0. The van der Waals surface area contributed by atoms with Gasteiger partial charge in [-0.1, -0.05) is 36.4 Å². The molecule has 0 fully saturated rings. The van der Waals surface area contributed by atoms with E-state index in [0.717, 1.165) is 15.8 Å². The van der Waals surface area contributed by atoms with Crippen molar-refractivity contribution in [3.8, 4) is 17.1 Å². The molecule has 0 saturated carbocycles. The highest BCUT2D eigenvalue weighted by Gasteiger charge is 2.15. The molecule has 0 spiro atoms. The first-order valence-electron chi connectivity index (χ1n) is 5.23. The zero-order valence-corrected chi connectivity index (χ0v) is 10.4. The van der Waals surface area contributed by atoms with Crippen LogP contribution in [-0.2, 0) is 0 Å². The summed E-state index contributed by atoms with van der Waals surface area (Å²) in [6.07, 6.45) is 0. The topological polar surface area (TPSA) is 33.4 Å². The van der Waals surface area contributed by atoms with Crippen LogP contribution < -0.4 is 0 Å². The molecule has 0 amide bonds. The predicted molar refractivity (Wildman–Crippen MR) is 71.0 cm³/mol. The Balaban J connectivity index is 2.33. The van der Waals surface area contributed by atoms with Crippen molar-refractivity contribution in [3.63, 3.8) is 0 Å². The lowest BCUT2D eigenvalue weighted by Gasteiger charge is -1.96. The molecule has 3 rings (SSSR count). The minimum Gasteiger partial charge on any atom is -0.507 e. The average molecular weight is 289 g/mol. The van der Waals surface area contributed by atoms with Crippen LogP contribution >= 0.6 is 15.9 Å². The largest absolute Gasteiger partial charge is 0.507 e. The molecule has 3 aromatic rings. The Morgan fingerprint density at radius 3 is 2.41 bits per heavy atom. The molecule has 0 bridgehead atoms. The first-order valence-corrected chi connectivity index (χ1v) is 6.02. The average Bonchev–Trinajstić information content (AvgIpc) is 2.69. The maximum absolute atomic E-state index is 9.82. The molecule has 0 unspecified atom stereocenters. The lowest BCUT2D eigenvalue weighted by atomic mass is 10.1. The Hall–Kier alpha value is -1.74. The summed E-state index contributed by atoms with van der Waals surface area (Å²) in [4.78, 5) is 0. The van der Waals surface area contributed by atoms with Gasteiger partial charge in [-0.05, 0) is 28.1 Å². The monoisotopic (exact) mass is 288 g/mol. The third-order valence-corrected chi connectivity index (χ3v) is 3.43. The smallest absolute Gasteiger partial charge is 0.149 e. The molecule has 0 aliphatic carbocycles. The van der Waals surface area contributed by atoms with E-state index in [9.17, 15) is 5.11 Å². The molecule has 3 heteroatoms. The summed E-state index contributed by atoms with van der Waals surface area (Å²) in [6.45, 7) is 0. The number of halogens is 1. The maximum Gasteiger partial charge on any atom is 0.149 e. The van der Waals surface area contributed by atoms with Crippen molar-refractivity contribution in [1.29, 1.82) is 0 Å². The van der Waals surface area contributed by atoms with E-state index < -0.39 is 0 Å². The Kier molecular flexibility index (Phi) is 2.41. The molecule has 1 N–H and O–H groups in total. The van der Waals surface area contributed by atoms with Crippen molar-refractivity contribution in [2.24, 2.45) is 0 Å².